The molecule has 7 heteroatoms. The highest BCUT2D eigenvalue weighted by Gasteiger charge is 2.16. The average molecular weight is 372 g/mol. The van der Waals surface area contributed by atoms with E-state index in [2.05, 4.69) is 10.3 Å². The van der Waals surface area contributed by atoms with E-state index in [1.54, 1.807) is 19.2 Å². The van der Waals surface area contributed by atoms with Gasteiger partial charge in [-0.3, -0.25) is 4.79 Å². The molecule has 1 heterocycles. The smallest absolute Gasteiger partial charge is 0.243 e. The maximum atomic E-state index is 13.6. The molecule has 0 saturated carbocycles. The largest absolute Gasteiger partial charge is 0.320 e. The molecule has 1 amide bonds. The Hall–Kier alpha value is -1.50. The second-order valence-corrected chi connectivity index (χ2v) is 7.23. The van der Waals surface area contributed by atoms with Crippen LogP contribution in [0.25, 0.3) is 0 Å². The van der Waals surface area contributed by atoms with Gasteiger partial charge in [0.25, 0.3) is 0 Å². The van der Waals surface area contributed by atoms with Gasteiger partial charge in [-0.15, -0.1) is 23.7 Å². The van der Waals surface area contributed by atoms with Gasteiger partial charge in [0.1, 0.15) is 5.82 Å². The summed E-state index contributed by atoms with van der Waals surface area (Å²) in [6, 6.07) is 4.66. The number of nitrogens with two attached hydrogens (primary N) is 1. The minimum Gasteiger partial charge on any atom is -0.320 e. The third-order valence-electron chi connectivity index (χ3n) is 3.46. The number of amides is 1. The van der Waals surface area contributed by atoms with Crippen molar-refractivity contribution in [2.45, 2.75) is 39.7 Å². The van der Waals surface area contributed by atoms with Crippen molar-refractivity contribution in [1.82, 2.24) is 4.98 Å². The Morgan fingerprint density at radius 2 is 2.12 bits per heavy atom. The number of halogens is 2. The maximum absolute atomic E-state index is 13.6. The highest BCUT2D eigenvalue weighted by molar-refractivity contribution is 7.15. The first-order valence-electron chi connectivity index (χ1n) is 7.61. The van der Waals surface area contributed by atoms with Crippen LogP contribution < -0.4 is 11.1 Å². The lowest BCUT2D eigenvalue weighted by Gasteiger charge is -2.12. The summed E-state index contributed by atoms with van der Waals surface area (Å²) in [4.78, 5) is 17.1. The monoisotopic (exact) mass is 371 g/mol. The molecule has 0 spiro atoms. The molecule has 2 rings (SSSR count). The molecule has 0 aliphatic carbocycles. The molecular formula is C17H23ClFN3OS. The van der Waals surface area contributed by atoms with E-state index in [-0.39, 0.29) is 24.1 Å². The second kappa shape index (κ2) is 9.11. The van der Waals surface area contributed by atoms with E-state index in [4.69, 9.17) is 5.73 Å². The molecule has 0 unspecified atom stereocenters. The van der Waals surface area contributed by atoms with Gasteiger partial charge >= 0.3 is 0 Å². The summed E-state index contributed by atoms with van der Waals surface area (Å²) in [5.74, 6) is -0.0692. The standard InChI is InChI=1S/C17H22FN3OS.ClH/c1-10(2)6-15(19)16(22)21-17-20-9-13(23-17)7-12-5-4-11(3)14(18)8-12;/h4-5,8-10,15H,6-7,19H2,1-3H3,(H,20,21,22);1H/t15-;/m0./s1. The van der Waals surface area contributed by atoms with Gasteiger partial charge in [-0.05, 0) is 36.5 Å². The van der Waals surface area contributed by atoms with Crippen molar-refractivity contribution in [2.24, 2.45) is 11.7 Å². The molecule has 0 aliphatic heterocycles. The van der Waals surface area contributed by atoms with Crippen LogP contribution in [0.4, 0.5) is 9.52 Å². The number of carbonyl (C=O) groups is 1. The Labute approximate surface area is 152 Å². The Morgan fingerprint density at radius 3 is 2.75 bits per heavy atom. The van der Waals surface area contributed by atoms with Gasteiger partial charge < -0.3 is 11.1 Å². The van der Waals surface area contributed by atoms with Gasteiger partial charge in [0.05, 0.1) is 6.04 Å². The molecule has 24 heavy (non-hydrogen) atoms. The number of aryl methyl sites for hydroxylation is 1. The number of thiazole rings is 1. The number of benzene rings is 1. The molecule has 0 saturated heterocycles. The number of hydrogen-bond donors (Lipinski definition) is 2. The zero-order chi connectivity index (χ0) is 17.0. The van der Waals surface area contributed by atoms with Gasteiger partial charge in [-0.25, -0.2) is 9.37 Å². The molecule has 3 N–H and O–H groups in total. The van der Waals surface area contributed by atoms with E-state index >= 15 is 0 Å². The van der Waals surface area contributed by atoms with E-state index in [1.165, 1.54) is 17.4 Å². The van der Waals surface area contributed by atoms with E-state index < -0.39 is 6.04 Å². The van der Waals surface area contributed by atoms with Crippen LogP contribution in [0, 0.1) is 18.7 Å². The van der Waals surface area contributed by atoms with Crippen molar-refractivity contribution in [3.8, 4) is 0 Å². The third-order valence-corrected chi connectivity index (χ3v) is 4.37. The molecule has 0 bridgehead atoms. The Balaban J connectivity index is 0.00000288. The predicted octanol–water partition coefficient (Wildman–Crippen LogP) is 3.92. The number of nitrogens with one attached hydrogen (secondary N) is 1. The predicted molar refractivity (Wildman–Crippen MR) is 99.4 cm³/mol. The lowest BCUT2D eigenvalue weighted by Crippen LogP contribution is -2.36. The molecule has 0 aliphatic rings. The van der Waals surface area contributed by atoms with Gasteiger partial charge in [0.2, 0.25) is 5.91 Å². The summed E-state index contributed by atoms with van der Waals surface area (Å²) < 4.78 is 13.6. The van der Waals surface area contributed by atoms with Crippen LogP contribution in [0.3, 0.4) is 0 Å². The van der Waals surface area contributed by atoms with Crippen LogP contribution in [0.5, 0.6) is 0 Å². The Morgan fingerprint density at radius 1 is 1.42 bits per heavy atom. The van der Waals surface area contributed by atoms with Crippen molar-refractivity contribution in [1.29, 1.82) is 0 Å². The quantitative estimate of drug-likeness (QED) is 0.808. The summed E-state index contributed by atoms with van der Waals surface area (Å²) in [6.45, 7) is 5.78. The molecule has 1 atom stereocenters. The van der Waals surface area contributed by atoms with Gasteiger partial charge in [-0.2, -0.15) is 0 Å². The molecule has 4 nitrogen and oxygen atoms in total. The fraction of sp³-hybridized carbons (Fsp3) is 0.412. The number of aromatic nitrogens is 1. The fourth-order valence-corrected chi connectivity index (χ4v) is 3.06. The summed E-state index contributed by atoms with van der Waals surface area (Å²) in [5.41, 5.74) is 7.36. The minimum atomic E-state index is -0.534. The Bertz CT molecular complexity index is 690. The second-order valence-electron chi connectivity index (χ2n) is 6.12. The van der Waals surface area contributed by atoms with Crippen LogP contribution in [-0.4, -0.2) is 16.9 Å². The molecule has 1 aromatic heterocycles. The third kappa shape index (κ3) is 5.85. The Kier molecular flexibility index (Phi) is 7.79. The summed E-state index contributed by atoms with van der Waals surface area (Å²) >= 11 is 1.38. The summed E-state index contributed by atoms with van der Waals surface area (Å²) in [6.07, 6.45) is 2.92. The number of hydrogen-bond acceptors (Lipinski definition) is 4. The summed E-state index contributed by atoms with van der Waals surface area (Å²) in [5, 5.41) is 3.27. The number of carbonyl (C=O) groups excluding carboxylic acids is 1. The number of anilines is 1. The molecule has 132 valence electrons. The van der Waals surface area contributed by atoms with Crippen molar-refractivity contribution in [3.05, 3.63) is 46.2 Å². The average Bonchev–Trinajstić information content (AvgIpc) is 2.89. The van der Waals surface area contributed by atoms with Crippen molar-refractivity contribution in [2.75, 3.05) is 5.32 Å². The molecule has 0 radical (unpaired) electrons. The van der Waals surface area contributed by atoms with Crippen molar-refractivity contribution < 1.29 is 9.18 Å². The fourth-order valence-electron chi connectivity index (χ4n) is 2.21. The highest BCUT2D eigenvalue weighted by Crippen LogP contribution is 2.22. The van der Waals surface area contributed by atoms with E-state index in [0.29, 0.717) is 29.5 Å². The van der Waals surface area contributed by atoms with E-state index in [0.717, 1.165) is 10.4 Å². The van der Waals surface area contributed by atoms with Gasteiger partial charge in [-0.1, -0.05) is 26.0 Å². The first-order valence-corrected chi connectivity index (χ1v) is 8.43. The van der Waals surface area contributed by atoms with E-state index in [9.17, 15) is 9.18 Å². The van der Waals surface area contributed by atoms with Crippen molar-refractivity contribution >= 4 is 34.8 Å². The first kappa shape index (κ1) is 20.5. The van der Waals surface area contributed by atoms with Crippen LogP contribution >= 0.6 is 23.7 Å². The maximum Gasteiger partial charge on any atom is 0.243 e. The highest BCUT2D eigenvalue weighted by atomic mass is 35.5. The van der Waals surface area contributed by atoms with Crippen molar-refractivity contribution in [3.63, 3.8) is 0 Å². The topological polar surface area (TPSA) is 68.0 Å². The van der Waals surface area contributed by atoms with Crippen LogP contribution in [0.15, 0.2) is 24.4 Å². The van der Waals surface area contributed by atoms with Gasteiger partial charge in [0, 0.05) is 17.5 Å². The normalized spacial score (nSPS) is 11.9. The molecule has 0 fully saturated rings. The lowest BCUT2D eigenvalue weighted by molar-refractivity contribution is -0.117. The van der Waals surface area contributed by atoms with Crippen LogP contribution in [0.1, 0.15) is 36.3 Å². The summed E-state index contributed by atoms with van der Waals surface area (Å²) in [7, 11) is 0. The number of rotatable bonds is 6. The van der Waals surface area contributed by atoms with Gasteiger partial charge in [0.15, 0.2) is 5.13 Å². The number of nitrogens with zero attached hydrogens (tertiary/aromatic N) is 1. The molecule has 1 aromatic carbocycles. The minimum absolute atomic E-state index is 0. The zero-order valence-corrected chi connectivity index (χ0v) is 15.6. The molecule has 2 aromatic rings. The molecular weight excluding hydrogens is 349 g/mol. The first-order chi connectivity index (χ1) is 10.8. The zero-order valence-electron chi connectivity index (χ0n) is 14.0. The van der Waals surface area contributed by atoms with E-state index in [1.807, 2.05) is 19.9 Å². The van der Waals surface area contributed by atoms with Crippen LogP contribution in [-0.2, 0) is 11.2 Å². The SMILES string of the molecule is Cc1ccc(Cc2cnc(NC(=O)[C@@H](N)CC(C)C)s2)cc1F.Cl. The lowest BCUT2D eigenvalue weighted by atomic mass is 10.0. The van der Waals surface area contributed by atoms with Crippen LogP contribution in [0.2, 0.25) is 0 Å².